The van der Waals surface area contributed by atoms with Gasteiger partial charge >= 0.3 is 0 Å². The number of oxime groups is 1. The van der Waals surface area contributed by atoms with Gasteiger partial charge in [-0.05, 0) is 25.2 Å². The third-order valence-corrected chi connectivity index (χ3v) is 3.70. The summed E-state index contributed by atoms with van der Waals surface area (Å²) in [7, 11) is 0. The van der Waals surface area contributed by atoms with E-state index in [0.717, 1.165) is 25.8 Å². The minimum absolute atomic E-state index is 0.0170. The first-order valence-electron chi connectivity index (χ1n) is 6.80. The summed E-state index contributed by atoms with van der Waals surface area (Å²) in [5.74, 6) is 0.0324. The zero-order chi connectivity index (χ0) is 13.7. The van der Waals surface area contributed by atoms with E-state index in [1.54, 1.807) is 0 Å². The fourth-order valence-corrected chi connectivity index (χ4v) is 2.72. The van der Waals surface area contributed by atoms with Gasteiger partial charge in [-0.25, -0.2) is 0 Å². The topological polar surface area (TPSA) is 78.9 Å². The van der Waals surface area contributed by atoms with Crippen LogP contribution in [0.1, 0.15) is 46.5 Å². The first-order chi connectivity index (χ1) is 8.52. The SMILES string of the molecule is CCCC(C(=O)N1CCCC1C(C)C)/C(N)=N/O. The summed E-state index contributed by atoms with van der Waals surface area (Å²) < 4.78 is 0. The van der Waals surface area contributed by atoms with Crippen molar-refractivity contribution in [3.63, 3.8) is 0 Å². The summed E-state index contributed by atoms with van der Waals surface area (Å²) in [5, 5.41) is 11.8. The molecule has 1 aliphatic heterocycles. The molecule has 5 heteroatoms. The normalized spacial score (nSPS) is 22.6. The zero-order valence-electron chi connectivity index (χ0n) is 11.6. The van der Waals surface area contributed by atoms with Crippen LogP contribution >= 0.6 is 0 Å². The lowest BCUT2D eigenvalue weighted by atomic mass is 9.97. The third-order valence-electron chi connectivity index (χ3n) is 3.70. The molecule has 0 aromatic heterocycles. The number of nitrogens with zero attached hydrogens (tertiary/aromatic N) is 2. The van der Waals surface area contributed by atoms with Crippen LogP contribution in [0.4, 0.5) is 0 Å². The van der Waals surface area contributed by atoms with Crippen molar-refractivity contribution < 1.29 is 10.0 Å². The molecule has 1 fully saturated rings. The summed E-state index contributed by atoms with van der Waals surface area (Å²) in [4.78, 5) is 14.4. The molecule has 0 saturated carbocycles. The van der Waals surface area contributed by atoms with Crippen LogP contribution in [-0.4, -0.2) is 34.4 Å². The Labute approximate surface area is 109 Å². The van der Waals surface area contributed by atoms with E-state index in [4.69, 9.17) is 10.9 Å². The van der Waals surface area contributed by atoms with Crippen LogP contribution < -0.4 is 5.73 Å². The number of hydrogen-bond donors (Lipinski definition) is 2. The van der Waals surface area contributed by atoms with Gasteiger partial charge in [0, 0.05) is 12.6 Å². The molecule has 0 spiro atoms. The van der Waals surface area contributed by atoms with E-state index >= 15 is 0 Å². The van der Waals surface area contributed by atoms with Crippen LogP contribution in [0.5, 0.6) is 0 Å². The molecule has 0 radical (unpaired) electrons. The highest BCUT2D eigenvalue weighted by Gasteiger charge is 2.35. The average molecular weight is 255 g/mol. The maximum absolute atomic E-state index is 12.5. The maximum atomic E-state index is 12.5. The van der Waals surface area contributed by atoms with Crippen molar-refractivity contribution in [3.8, 4) is 0 Å². The van der Waals surface area contributed by atoms with E-state index in [9.17, 15) is 4.79 Å². The minimum Gasteiger partial charge on any atom is -0.409 e. The maximum Gasteiger partial charge on any atom is 0.233 e. The molecule has 2 unspecified atom stereocenters. The van der Waals surface area contributed by atoms with Crippen molar-refractivity contribution >= 4 is 11.7 Å². The predicted octanol–water partition coefficient (Wildman–Crippen LogP) is 1.80. The molecule has 18 heavy (non-hydrogen) atoms. The number of amidine groups is 1. The fraction of sp³-hybridized carbons (Fsp3) is 0.846. The number of carbonyl (C=O) groups excluding carboxylic acids is 1. The number of amides is 1. The molecule has 104 valence electrons. The Bertz CT molecular complexity index is 315. The Morgan fingerprint density at radius 3 is 2.72 bits per heavy atom. The first kappa shape index (κ1) is 14.8. The van der Waals surface area contributed by atoms with Crippen LogP contribution in [0.25, 0.3) is 0 Å². The van der Waals surface area contributed by atoms with Gasteiger partial charge in [0.2, 0.25) is 5.91 Å². The molecule has 0 aromatic rings. The molecular formula is C13H25N3O2. The van der Waals surface area contributed by atoms with Gasteiger partial charge in [-0.15, -0.1) is 0 Å². The molecule has 1 rings (SSSR count). The smallest absolute Gasteiger partial charge is 0.233 e. The molecule has 1 heterocycles. The highest BCUT2D eigenvalue weighted by molar-refractivity contribution is 6.02. The number of likely N-dealkylation sites (tertiary alicyclic amines) is 1. The second kappa shape index (κ2) is 6.61. The fourth-order valence-electron chi connectivity index (χ4n) is 2.72. The van der Waals surface area contributed by atoms with Gasteiger partial charge in [-0.3, -0.25) is 4.79 Å². The number of nitrogens with two attached hydrogens (primary N) is 1. The largest absolute Gasteiger partial charge is 0.409 e. The molecule has 3 N–H and O–H groups in total. The van der Waals surface area contributed by atoms with Gasteiger partial charge in [-0.2, -0.15) is 0 Å². The number of hydrogen-bond acceptors (Lipinski definition) is 3. The van der Waals surface area contributed by atoms with Crippen molar-refractivity contribution in [2.75, 3.05) is 6.54 Å². The van der Waals surface area contributed by atoms with E-state index < -0.39 is 5.92 Å². The van der Waals surface area contributed by atoms with Gasteiger partial charge in [-0.1, -0.05) is 32.3 Å². The Kier molecular flexibility index (Phi) is 5.44. The average Bonchev–Trinajstić information content (AvgIpc) is 2.83. The van der Waals surface area contributed by atoms with Gasteiger partial charge in [0.15, 0.2) is 5.84 Å². The first-order valence-corrected chi connectivity index (χ1v) is 6.80. The van der Waals surface area contributed by atoms with Crippen molar-refractivity contribution in [1.82, 2.24) is 4.90 Å². The molecule has 2 atom stereocenters. The van der Waals surface area contributed by atoms with Crippen LogP contribution in [0.3, 0.4) is 0 Å². The lowest BCUT2D eigenvalue weighted by molar-refractivity contribution is -0.135. The molecule has 0 bridgehead atoms. The van der Waals surface area contributed by atoms with Crippen LogP contribution in [0.15, 0.2) is 5.16 Å². The Morgan fingerprint density at radius 2 is 2.22 bits per heavy atom. The van der Waals surface area contributed by atoms with E-state index in [2.05, 4.69) is 19.0 Å². The summed E-state index contributed by atoms with van der Waals surface area (Å²) in [6.45, 7) is 7.05. The summed E-state index contributed by atoms with van der Waals surface area (Å²) in [6, 6.07) is 0.295. The van der Waals surface area contributed by atoms with Crippen molar-refractivity contribution in [1.29, 1.82) is 0 Å². The lowest BCUT2D eigenvalue weighted by Crippen LogP contribution is -2.45. The van der Waals surface area contributed by atoms with Crippen LogP contribution in [0.2, 0.25) is 0 Å². The van der Waals surface area contributed by atoms with Crippen molar-refractivity contribution in [3.05, 3.63) is 0 Å². The predicted molar refractivity (Wildman–Crippen MR) is 71.4 cm³/mol. The highest BCUT2D eigenvalue weighted by Crippen LogP contribution is 2.26. The third kappa shape index (κ3) is 3.15. The van der Waals surface area contributed by atoms with E-state index in [0.29, 0.717) is 18.4 Å². The summed E-state index contributed by atoms with van der Waals surface area (Å²) in [5.41, 5.74) is 5.65. The second-order valence-electron chi connectivity index (χ2n) is 5.35. The lowest BCUT2D eigenvalue weighted by Gasteiger charge is -2.30. The molecule has 1 saturated heterocycles. The van der Waals surface area contributed by atoms with Crippen molar-refractivity contribution in [2.24, 2.45) is 22.7 Å². The standard InChI is InChI=1S/C13H25N3O2/c1-4-6-10(12(14)15-18)13(17)16-8-5-7-11(16)9(2)3/h9-11,18H,4-8H2,1-3H3,(H2,14,15). The van der Waals surface area contributed by atoms with Crippen LogP contribution in [-0.2, 0) is 4.79 Å². The van der Waals surface area contributed by atoms with Crippen molar-refractivity contribution in [2.45, 2.75) is 52.5 Å². The minimum atomic E-state index is -0.473. The number of rotatable bonds is 5. The Hall–Kier alpha value is -1.26. The monoisotopic (exact) mass is 255 g/mol. The van der Waals surface area contributed by atoms with Gasteiger partial charge < -0.3 is 15.8 Å². The van der Waals surface area contributed by atoms with E-state index in [1.165, 1.54) is 0 Å². The molecular weight excluding hydrogens is 230 g/mol. The summed E-state index contributed by atoms with van der Waals surface area (Å²) >= 11 is 0. The second-order valence-corrected chi connectivity index (χ2v) is 5.35. The molecule has 5 nitrogen and oxygen atoms in total. The van der Waals surface area contributed by atoms with Crippen LogP contribution in [0, 0.1) is 11.8 Å². The molecule has 1 amide bonds. The molecule has 0 aromatic carbocycles. The Morgan fingerprint density at radius 1 is 1.56 bits per heavy atom. The van der Waals surface area contributed by atoms with Gasteiger partial charge in [0.1, 0.15) is 0 Å². The quantitative estimate of drug-likeness (QED) is 0.340. The molecule has 0 aliphatic carbocycles. The number of carbonyl (C=O) groups is 1. The summed E-state index contributed by atoms with van der Waals surface area (Å²) in [6.07, 6.45) is 3.57. The van der Waals surface area contributed by atoms with Gasteiger partial charge in [0.05, 0.1) is 5.92 Å². The van der Waals surface area contributed by atoms with E-state index in [1.807, 2.05) is 11.8 Å². The van der Waals surface area contributed by atoms with E-state index in [-0.39, 0.29) is 11.7 Å². The Balaban J connectivity index is 2.82. The van der Waals surface area contributed by atoms with Gasteiger partial charge in [0.25, 0.3) is 0 Å². The zero-order valence-corrected chi connectivity index (χ0v) is 11.6. The highest BCUT2D eigenvalue weighted by atomic mass is 16.4. The molecule has 1 aliphatic rings.